The molecular formula is C46H69BF2LiN8O16. The van der Waals surface area contributed by atoms with Gasteiger partial charge in [0.25, 0.3) is 13.9 Å². The molecule has 0 saturated carbocycles. The van der Waals surface area contributed by atoms with Crippen molar-refractivity contribution >= 4 is 67.0 Å². The van der Waals surface area contributed by atoms with Gasteiger partial charge in [-0.25, -0.2) is 28.0 Å². The van der Waals surface area contributed by atoms with Crippen LogP contribution < -0.4 is 59.5 Å². The Morgan fingerprint density at radius 1 is 0.757 bits per heavy atom. The van der Waals surface area contributed by atoms with E-state index in [4.69, 9.17) is 35.2 Å². The maximum Gasteiger partial charge on any atom is 1.00 e. The summed E-state index contributed by atoms with van der Waals surface area (Å²) in [7, 11) is 2.95. The second-order valence-corrected chi connectivity index (χ2v) is 18.6. The van der Waals surface area contributed by atoms with Crippen LogP contribution in [-0.4, -0.2) is 207 Å². The molecule has 0 aromatic heterocycles. The molecule has 4 saturated heterocycles. The van der Waals surface area contributed by atoms with E-state index < -0.39 is 77.7 Å². The number of aliphatic hydroxyl groups excluding tert-OH is 2. The van der Waals surface area contributed by atoms with Gasteiger partial charge in [-0.15, -0.1) is 0 Å². The minimum absolute atomic E-state index is 0. The summed E-state index contributed by atoms with van der Waals surface area (Å²) in [6, 6.07) is 9.23. The first-order valence-corrected chi connectivity index (χ1v) is 23.2. The predicted molar refractivity (Wildman–Crippen MR) is 261 cm³/mol. The number of hydrogen-bond acceptors (Lipinski definition) is 19. The number of amides is 5. The normalized spacial score (nSPS) is 18.4. The van der Waals surface area contributed by atoms with Crippen molar-refractivity contribution in [3.05, 3.63) is 48.0 Å². The number of carboxylic acid groups (broad SMARTS) is 1. The molecule has 5 amide bonds. The molecule has 0 aliphatic carbocycles. The summed E-state index contributed by atoms with van der Waals surface area (Å²) in [6.07, 6.45) is -6.23. The van der Waals surface area contributed by atoms with Crippen LogP contribution in [0.3, 0.4) is 0 Å². The summed E-state index contributed by atoms with van der Waals surface area (Å²) in [5.74, 6) is -2.80. The SMILES string of the molecule is CC(C)(C)OC(=O)NC[C@H]1CN(c2ccc(N3CCNCC3)c(F)c2)C(=O)O1.COCC(O)C(=O)N1CCN(c2ccc(N3C[C@H](CNC(=O)OC(C)(C)C)OC3=O)cc2F)CC1.COCC(O)C(=O)[O-].[3H][B]O.[Li+]. The molecule has 24 nitrogen and oxygen atoms in total. The average molecular weight is 1050 g/mol. The van der Waals surface area contributed by atoms with Crippen molar-refractivity contribution in [2.24, 2.45) is 0 Å². The zero-order chi connectivity index (χ0) is 55.3. The van der Waals surface area contributed by atoms with Crippen LogP contribution in [0.5, 0.6) is 0 Å². The Hall–Kier alpha value is -5.66. The van der Waals surface area contributed by atoms with Crippen LogP contribution in [0.1, 0.15) is 41.5 Å². The third-order valence-corrected chi connectivity index (χ3v) is 10.6. The second-order valence-electron chi connectivity index (χ2n) is 18.6. The van der Waals surface area contributed by atoms with Crippen LogP contribution in [0.4, 0.5) is 50.7 Å². The fourth-order valence-electron chi connectivity index (χ4n) is 7.28. The van der Waals surface area contributed by atoms with E-state index >= 15 is 0 Å². The molecule has 0 bridgehead atoms. The number of nitrogens with zero attached hydrogens (tertiary/aromatic N) is 5. The van der Waals surface area contributed by atoms with E-state index in [0.29, 0.717) is 48.9 Å². The van der Waals surface area contributed by atoms with Crippen molar-refractivity contribution < 1.29 is 105 Å². The molecule has 4 atom stereocenters. The number of carboxylic acids is 1. The molecule has 2 aromatic carbocycles. The van der Waals surface area contributed by atoms with Gasteiger partial charge in [-0.2, -0.15) is 0 Å². The number of aliphatic carboxylic acids is 1. The smallest absolute Gasteiger partial charge is 0.547 e. The topological polar surface area (TPSA) is 294 Å². The number of benzene rings is 2. The Morgan fingerprint density at radius 3 is 1.50 bits per heavy atom. The number of carbonyl (C=O) groups excluding carboxylic acids is 6. The van der Waals surface area contributed by atoms with Crippen LogP contribution in [0, 0.1) is 11.6 Å². The average Bonchev–Trinajstić information content (AvgIpc) is 3.90. The molecule has 0 spiro atoms. The van der Waals surface area contributed by atoms with Gasteiger partial charge in [-0.05, 0) is 77.9 Å². The van der Waals surface area contributed by atoms with Gasteiger partial charge in [0.1, 0.15) is 41.1 Å². The zero-order valence-electron chi connectivity index (χ0n) is 44.4. The summed E-state index contributed by atoms with van der Waals surface area (Å²) in [5.41, 5.74) is 0.407. The number of rotatable bonds is 14. The number of aliphatic hydroxyl groups is 2. The Bertz CT molecular complexity index is 2170. The number of anilines is 4. The molecule has 4 heterocycles. The number of piperazine rings is 2. The Kier molecular flexibility index (Phi) is 25.9. The van der Waals surface area contributed by atoms with E-state index in [1.165, 1.54) is 41.1 Å². The third kappa shape index (κ3) is 20.9. The summed E-state index contributed by atoms with van der Waals surface area (Å²) in [5, 5.41) is 43.3. The molecule has 74 heavy (non-hydrogen) atoms. The molecule has 4 aliphatic heterocycles. The van der Waals surface area contributed by atoms with Gasteiger partial charge in [0, 0.05) is 67.9 Å². The second kappa shape index (κ2) is 30.6. The van der Waals surface area contributed by atoms with Gasteiger partial charge in [0.2, 0.25) is 0 Å². The maximum absolute atomic E-state index is 15.0. The van der Waals surface area contributed by atoms with Crippen molar-refractivity contribution in [3.8, 4) is 0 Å². The molecule has 2 unspecified atom stereocenters. The monoisotopic (exact) mass is 1050 g/mol. The number of cyclic esters (lactones) is 2. The largest absolute Gasteiger partial charge is 1.00 e. The van der Waals surface area contributed by atoms with Gasteiger partial charge in [0.15, 0.2) is 6.10 Å². The Balaban J connectivity index is 0.000000430. The number of methoxy groups -OCH3 is 2. The molecular weight excluding hydrogens is 976 g/mol. The zero-order valence-corrected chi connectivity index (χ0v) is 43.4. The summed E-state index contributed by atoms with van der Waals surface area (Å²) < 4.78 is 65.2. The number of alkyl carbamates (subject to hydrolysis) is 2. The van der Waals surface area contributed by atoms with Crippen LogP contribution >= 0.6 is 0 Å². The first-order chi connectivity index (χ1) is 34.8. The molecule has 28 heteroatoms. The van der Waals surface area contributed by atoms with Gasteiger partial charge < -0.3 is 84.2 Å². The molecule has 2 aromatic rings. The number of nitrogens with one attached hydrogen (secondary N) is 3. The Morgan fingerprint density at radius 2 is 1.15 bits per heavy atom. The standard InChI is InChI=1S/C23H33FN4O7.C19H27FN4O4.C4H8O4.BH2O.Li/c1-23(2,3)35-21(31)25-12-16-13-28(22(32)34-16)15-5-6-18(17(24)11-15)26-7-9-27(10-8-26)20(30)19(29)14-33-4;1-19(2,3)28-17(25)22-11-14-12-24(18(26)27-14)13-4-5-16(15(20)10-13)23-8-6-21-7-9-23;1-8-2-3(5)4(6)7;1-2;/h5-6,11,16,19,29H,7-10,12-14H2,1-4H3,(H,25,31);4-5,10,14,21H,6-9,11-12H2,1-3H3,(H,22,25);3,5H,2H2,1H3,(H,6,7);1-2H;/q;;;;+1/p-1/t16-,19?;14-;;;/m00.../s1/i;;;1T;. The first-order valence-electron chi connectivity index (χ1n) is 23.8. The summed E-state index contributed by atoms with van der Waals surface area (Å²) >= 11 is 0. The van der Waals surface area contributed by atoms with E-state index in [9.17, 15) is 47.8 Å². The number of halogens is 2. The van der Waals surface area contributed by atoms with E-state index in [0.717, 1.165) is 26.2 Å². The fraction of sp³-hybridized carbons (Fsp3) is 0.609. The van der Waals surface area contributed by atoms with Crippen molar-refractivity contribution in [2.75, 3.05) is 126 Å². The van der Waals surface area contributed by atoms with E-state index in [1.54, 1.807) is 70.7 Å². The minimum atomic E-state index is -1.51. The van der Waals surface area contributed by atoms with Gasteiger partial charge >= 0.3 is 43.2 Å². The molecule has 1 radical (unpaired) electrons. The van der Waals surface area contributed by atoms with Crippen molar-refractivity contribution in [1.82, 2.24) is 20.9 Å². The summed E-state index contributed by atoms with van der Waals surface area (Å²) in [6.45, 7) is 15.4. The molecule has 4 fully saturated rings. The summed E-state index contributed by atoms with van der Waals surface area (Å²) in [4.78, 5) is 77.9. The van der Waals surface area contributed by atoms with Crippen LogP contribution in [0.15, 0.2) is 36.4 Å². The van der Waals surface area contributed by atoms with E-state index in [2.05, 4.69) is 20.7 Å². The van der Waals surface area contributed by atoms with Gasteiger partial charge in [0.05, 0.1) is 68.1 Å². The van der Waals surface area contributed by atoms with Crippen molar-refractivity contribution in [2.45, 2.75) is 77.2 Å². The quantitative estimate of drug-likeness (QED) is 0.0810. The van der Waals surface area contributed by atoms with Crippen molar-refractivity contribution in [1.29, 1.82) is 1.34 Å². The van der Waals surface area contributed by atoms with Crippen LogP contribution in [0.25, 0.3) is 0 Å². The van der Waals surface area contributed by atoms with Crippen LogP contribution in [0.2, 0.25) is 0 Å². The number of hydrogen-bond donors (Lipinski definition) is 6. The molecule has 4 aliphatic rings. The first kappa shape index (κ1) is 62.6. The predicted octanol–water partition coefficient (Wildman–Crippen LogP) is -3.04. The molecule has 407 valence electrons. The number of carbonyl (C=O) groups is 6. The van der Waals surface area contributed by atoms with Crippen LogP contribution in [-0.2, 0) is 38.0 Å². The van der Waals surface area contributed by atoms with E-state index in [1.807, 2.05) is 4.90 Å². The number of ether oxygens (including phenoxy) is 6. The molecule has 6 N–H and O–H groups in total. The van der Waals surface area contributed by atoms with Crippen molar-refractivity contribution in [3.63, 3.8) is 0 Å². The Labute approximate surface area is 443 Å². The fourth-order valence-corrected chi connectivity index (χ4v) is 7.28. The molecule has 6 rings (SSSR count). The van der Waals surface area contributed by atoms with Gasteiger partial charge in [-0.3, -0.25) is 14.6 Å². The van der Waals surface area contributed by atoms with Gasteiger partial charge in [-0.1, -0.05) is 0 Å². The van der Waals surface area contributed by atoms with E-state index in [-0.39, 0.29) is 72.1 Å². The minimum Gasteiger partial charge on any atom is -0.547 e. The maximum atomic E-state index is 15.0. The third-order valence-electron chi connectivity index (χ3n) is 10.6.